The maximum absolute atomic E-state index is 5.62. The molecule has 0 aliphatic heterocycles. The first-order chi connectivity index (χ1) is 5.72. The molecule has 0 aromatic carbocycles. The number of ether oxygens (including phenoxy) is 1. The van der Waals surface area contributed by atoms with E-state index >= 15 is 0 Å². The lowest BCUT2D eigenvalue weighted by Gasteiger charge is -2.44. The average molecular weight is 168 g/mol. The smallest absolute Gasteiger partial charge is 0.0656 e. The van der Waals surface area contributed by atoms with Gasteiger partial charge in [0.1, 0.15) is 0 Å². The summed E-state index contributed by atoms with van der Waals surface area (Å²) in [5.74, 6) is 1.95. The molecule has 0 amide bonds. The second-order valence-electron chi connectivity index (χ2n) is 4.96. The van der Waals surface area contributed by atoms with Crippen LogP contribution in [0.4, 0.5) is 0 Å². The van der Waals surface area contributed by atoms with Crippen LogP contribution in [0.3, 0.4) is 0 Å². The minimum absolute atomic E-state index is 0.216. The van der Waals surface area contributed by atoms with Crippen LogP contribution in [-0.2, 0) is 4.74 Å². The van der Waals surface area contributed by atoms with Crippen LogP contribution >= 0.6 is 0 Å². The summed E-state index contributed by atoms with van der Waals surface area (Å²) >= 11 is 0. The first kappa shape index (κ1) is 8.55. The Labute approximate surface area is 75.5 Å². The van der Waals surface area contributed by atoms with Crippen molar-refractivity contribution >= 4 is 0 Å². The Bertz CT molecular complexity index is 152. The van der Waals surface area contributed by atoms with Crippen molar-refractivity contribution in [2.45, 2.75) is 51.0 Å². The summed E-state index contributed by atoms with van der Waals surface area (Å²) in [5, 5.41) is 0. The third-order valence-electron chi connectivity index (χ3n) is 3.83. The van der Waals surface area contributed by atoms with Crippen LogP contribution < -0.4 is 0 Å². The van der Waals surface area contributed by atoms with Gasteiger partial charge in [-0.05, 0) is 38.0 Å². The molecule has 2 bridgehead atoms. The molecular weight excluding hydrogens is 148 g/mol. The van der Waals surface area contributed by atoms with E-state index in [2.05, 4.69) is 6.92 Å². The highest BCUT2D eigenvalue weighted by molar-refractivity contribution is 4.90. The van der Waals surface area contributed by atoms with Crippen LogP contribution in [-0.4, -0.2) is 12.7 Å². The highest BCUT2D eigenvalue weighted by Crippen LogP contribution is 2.45. The number of hydrogen-bond donors (Lipinski definition) is 0. The minimum Gasteiger partial charge on any atom is -0.379 e. The van der Waals surface area contributed by atoms with E-state index in [1.807, 2.05) is 7.11 Å². The van der Waals surface area contributed by atoms with Crippen molar-refractivity contribution in [1.82, 2.24) is 0 Å². The number of rotatable bonds is 1. The van der Waals surface area contributed by atoms with Crippen LogP contribution in [0.5, 0.6) is 0 Å². The van der Waals surface area contributed by atoms with Gasteiger partial charge in [0.25, 0.3) is 0 Å². The molecule has 2 fully saturated rings. The zero-order chi connectivity index (χ0) is 8.60. The fourth-order valence-electron chi connectivity index (χ4n) is 3.24. The van der Waals surface area contributed by atoms with Gasteiger partial charge in [-0.3, -0.25) is 0 Å². The van der Waals surface area contributed by atoms with Crippen molar-refractivity contribution < 1.29 is 4.74 Å². The highest BCUT2D eigenvalue weighted by Gasteiger charge is 2.38. The largest absolute Gasteiger partial charge is 0.379 e. The van der Waals surface area contributed by atoms with Gasteiger partial charge in [0, 0.05) is 7.11 Å². The molecule has 2 saturated carbocycles. The molecule has 1 nitrogen and oxygen atoms in total. The molecule has 70 valence electrons. The van der Waals surface area contributed by atoms with Crippen molar-refractivity contribution in [2.75, 3.05) is 7.11 Å². The Kier molecular flexibility index (Phi) is 2.16. The molecule has 0 aromatic rings. The number of hydrogen-bond acceptors (Lipinski definition) is 1. The van der Waals surface area contributed by atoms with Crippen molar-refractivity contribution in [2.24, 2.45) is 11.8 Å². The third-order valence-corrected chi connectivity index (χ3v) is 3.83. The molecule has 2 atom stereocenters. The Balaban J connectivity index is 2.05. The van der Waals surface area contributed by atoms with E-state index in [1.165, 1.54) is 38.5 Å². The average Bonchev–Trinajstić information content (AvgIpc) is 2.03. The lowest BCUT2D eigenvalue weighted by atomic mass is 9.66. The standard InChI is InChI=1S/C11H20O/c1-11(12-2)7-9-4-3-5-10(6-9)8-11/h9-10H,3-8H2,1-2H3. The Morgan fingerprint density at radius 3 is 2.25 bits per heavy atom. The van der Waals surface area contributed by atoms with E-state index in [0.29, 0.717) is 0 Å². The lowest BCUT2D eigenvalue weighted by Crippen LogP contribution is -2.40. The molecule has 0 N–H and O–H groups in total. The summed E-state index contributed by atoms with van der Waals surface area (Å²) < 4.78 is 5.62. The predicted octanol–water partition coefficient (Wildman–Crippen LogP) is 2.99. The number of fused-ring (bicyclic) bond motifs is 2. The van der Waals surface area contributed by atoms with E-state index in [9.17, 15) is 0 Å². The molecule has 0 aromatic heterocycles. The number of methoxy groups -OCH3 is 1. The molecule has 0 radical (unpaired) electrons. The zero-order valence-electron chi connectivity index (χ0n) is 8.31. The molecule has 0 spiro atoms. The first-order valence-corrected chi connectivity index (χ1v) is 5.27. The fraction of sp³-hybridized carbons (Fsp3) is 1.00. The van der Waals surface area contributed by atoms with E-state index in [1.54, 1.807) is 0 Å². The van der Waals surface area contributed by atoms with Gasteiger partial charge >= 0.3 is 0 Å². The Morgan fingerprint density at radius 2 is 1.75 bits per heavy atom. The highest BCUT2D eigenvalue weighted by atomic mass is 16.5. The van der Waals surface area contributed by atoms with Crippen LogP contribution in [0.15, 0.2) is 0 Å². The SMILES string of the molecule is COC1(C)CC2CCCC(C2)C1. The summed E-state index contributed by atoms with van der Waals surface area (Å²) in [5.41, 5.74) is 0.216. The summed E-state index contributed by atoms with van der Waals surface area (Å²) in [6, 6.07) is 0. The second kappa shape index (κ2) is 3.02. The maximum atomic E-state index is 5.62. The normalized spacial score (nSPS) is 47.5. The Hall–Kier alpha value is -0.0400. The maximum Gasteiger partial charge on any atom is 0.0656 e. The van der Waals surface area contributed by atoms with Gasteiger partial charge in [-0.1, -0.05) is 19.3 Å². The molecule has 0 heterocycles. The third kappa shape index (κ3) is 1.52. The summed E-state index contributed by atoms with van der Waals surface area (Å²) in [7, 11) is 1.88. The molecule has 2 aliphatic rings. The van der Waals surface area contributed by atoms with Crippen LogP contribution in [0.1, 0.15) is 45.4 Å². The van der Waals surface area contributed by atoms with Gasteiger partial charge in [-0.15, -0.1) is 0 Å². The predicted molar refractivity (Wildman–Crippen MR) is 50.1 cm³/mol. The van der Waals surface area contributed by atoms with E-state index in [-0.39, 0.29) is 5.60 Å². The van der Waals surface area contributed by atoms with Gasteiger partial charge in [-0.2, -0.15) is 0 Å². The summed E-state index contributed by atoms with van der Waals surface area (Å²) in [6.45, 7) is 2.29. The quantitative estimate of drug-likeness (QED) is 0.585. The lowest BCUT2D eigenvalue weighted by molar-refractivity contribution is -0.0688. The topological polar surface area (TPSA) is 9.23 Å². The van der Waals surface area contributed by atoms with Crippen LogP contribution in [0.2, 0.25) is 0 Å². The molecule has 2 rings (SSSR count). The van der Waals surface area contributed by atoms with Crippen LogP contribution in [0.25, 0.3) is 0 Å². The van der Waals surface area contributed by atoms with Crippen molar-refractivity contribution in [3.05, 3.63) is 0 Å². The molecule has 2 aliphatic carbocycles. The van der Waals surface area contributed by atoms with Gasteiger partial charge in [-0.25, -0.2) is 0 Å². The van der Waals surface area contributed by atoms with Gasteiger partial charge in [0.05, 0.1) is 5.60 Å². The van der Waals surface area contributed by atoms with Crippen molar-refractivity contribution in [1.29, 1.82) is 0 Å². The summed E-state index contributed by atoms with van der Waals surface area (Å²) in [6.07, 6.45) is 8.47. The van der Waals surface area contributed by atoms with E-state index in [0.717, 1.165) is 11.8 Å². The first-order valence-electron chi connectivity index (χ1n) is 5.27. The van der Waals surface area contributed by atoms with Gasteiger partial charge in [0.15, 0.2) is 0 Å². The minimum atomic E-state index is 0.216. The molecule has 0 saturated heterocycles. The van der Waals surface area contributed by atoms with Crippen molar-refractivity contribution in [3.63, 3.8) is 0 Å². The summed E-state index contributed by atoms with van der Waals surface area (Å²) in [4.78, 5) is 0. The molecule has 1 heteroatoms. The second-order valence-corrected chi connectivity index (χ2v) is 4.96. The van der Waals surface area contributed by atoms with Gasteiger partial charge < -0.3 is 4.74 Å². The van der Waals surface area contributed by atoms with Crippen molar-refractivity contribution in [3.8, 4) is 0 Å². The van der Waals surface area contributed by atoms with Gasteiger partial charge in [0.2, 0.25) is 0 Å². The Morgan fingerprint density at radius 1 is 1.17 bits per heavy atom. The zero-order valence-corrected chi connectivity index (χ0v) is 8.31. The molecule has 2 unspecified atom stereocenters. The van der Waals surface area contributed by atoms with E-state index in [4.69, 9.17) is 4.74 Å². The van der Waals surface area contributed by atoms with Crippen LogP contribution in [0, 0.1) is 11.8 Å². The molecular formula is C11H20O. The monoisotopic (exact) mass is 168 g/mol. The van der Waals surface area contributed by atoms with E-state index < -0.39 is 0 Å². The fourth-order valence-corrected chi connectivity index (χ4v) is 3.24. The molecule has 12 heavy (non-hydrogen) atoms.